The van der Waals surface area contributed by atoms with Gasteiger partial charge >= 0.3 is 0 Å². The van der Waals surface area contributed by atoms with Crippen LogP contribution in [0.2, 0.25) is 0 Å². The first-order chi connectivity index (χ1) is 10.1. The highest BCUT2D eigenvalue weighted by Gasteiger charge is 2.13. The van der Waals surface area contributed by atoms with Gasteiger partial charge < -0.3 is 9.64 Å². The van der Waals surface area contributed by atoms with Crippen molar-refractivity contribution in [3.63, 3.8) is 0 Å². The molecule has 0 fully saturated rings. The van der Waals surface area contributed by atoms with Crippen LogP contribution in [0.25, 0.3) is 0 Å². The zero-order valence-electron chi connectivity index (χ0n) is 12.8. The first-order valence-corrected chi connectivity index (χ1v) is 6.99. The van der Waals surface area contributed by atoms with Crippen LogP contribution in [0, 0.1) is 6.92 Å². The molecule has 0 atom stereocenters. The predicted molar refractivity (Wildman–Crippen MR) is 84.1 cm³/mol. The summed E-state index contributed by atoms with van der Waals surface area (Å²) in [6, 6.07) is 15.7. The zero-order valence-corrected chi connectivity index (χ0v) is 12.8. The van der Waals surface area contributed by atoms with Crippen molar-refractivity contribution in [2.75, 3.05) is 14.2 Å². The van der Waals surface area contributed by atoms with Gasteiger partial charge in [-0.1, -0.05) is 36.4 Å². The van der Waals surface area contributed by atoms with Gasteiger partial charge in [-0.2, -0.15) is 0 Å². The molecular formula is C18H21NO2. The average molecular weight is 283 g/mol. The molecule has 3 heteroatoms. The van der Waals surface area contributed by atoms with Crippen molar-refractivity contribution >= 4 is 5.91 Å². The molecule has 0 radical (unpaired) electrons. The highest BCUT2D eigenvalue weighted by atomic mass is 16.5. The summed E-state index contributed by atoms with van der Waals surface area (Å²) in [7, 11) is 3.48. The van der Waals surface area contributed by atoms with Gasteiger partial charge in [0.05, 0.1) is 6.61 Å². The van der Waals surface area contributed by atoms with Crippen molar-refractivity contribution in [3.8, 4) is 0 Å². The van der Waals surface area contributed by atoms with Crippen LogP contribution in [-0.4, -0.2) is 25.0 Å². The standard InChI is InChI=1S/C18H21NO2/c1-14-7-4-5-9-17(14)12-19(2)18(20)16-10-6-8-15(11-16)13-21-3/h4-11H,12-13H2,1-3H3. The van der Waals surface area contributed by atoms with E-state index < -0.39 is 0 Å². The fourth-order valence-corrected chi connectivity index (χ4v) is 2.30. The zero-order chi connectivity index (χ0) is 15.2. The molecule has 0 heterocycles. The number of carbonyl (C=O) groups is 1. The van der Waals surface area contributed by atoms with Crippen molar-refractivity contribution in [2.45, 2.75) is 20.1 Å². The molecule has 0 aliphatic carbocycles. The molecule has 0 aliphatic heterocycles. The van der Waals surface area contributed by atoms with E-state index in [0.29, 0.717) is 18.7 Å². The fraction of sp³-hybridized carbons (Fsp3) is 0.278. The van der Waals surface area contributed by atoms with Gasteiger partial charge in [-0.3, -0.25) is 4.79 Å². The Balaban J connectivity index is 2.12. The Morgan fingerprint density at radius 1 is 1.14 bits per heavy atom. The summed E-state index contributed by atoms with van der Waals surface area (Å²) in [5, 5.41) is 0. The lowest BCUT2D eigenvalue weighted by atomic mass is 10.1. The van der Waals surface area contributed by atoms with Gasteiger partial charge in [0.2, 0.25) is 0 Å². The summed E-state index contributed by atoms with van der Waals surface area (Å²) in [6.07, 6.45) is 0. The normalized spacial score (nSPS) is 10.4. The third-order valence-corrected chi connectivity index (χ3v) is 3.50. The quantitative estimate of drug-likeness (QED) is 0.841. The lowest BCUT2D eigenvalue weighted by Gasteiger charge is -2.19. The summed E-state index contributed by atoms with van der Waals surface area (Å²) in [4.78, 5) is 14.2. The molecule has 2 rings (SSSR count). The second-order valence-electron chi connectivity index (χ2n) is 5.22. The number of hydrogen-bond donors (Lipinski definition) is 0. The maximum Gasteiger partial charge on any atom is 0.253 e. The second-order valence-corrected chi connectivity index (χ2v) is 5.22. The van der Waals surface area contributed by atoms with Crippen LogP contribution in [0.1, 0.15) is 27.0 Å². The number of hydrogen-bond acceptors (Lipinski definition) is 2. The SMILES string of the molecule is COCc1cccc(C(=O)N(C)Cc2ccccc2C)c1. The van der Waals surface area contributed by atoms with Crippen LogP contribution in [0.5, 0.6) is 0 Å². The third kappa shape index (κ3) is 3.92. The molecule has 0 unspecified atom stereocenters. The average Bonchev–Trinajstić information content (AvgIpc) is 2.49. The van der Waals surface area contributed by atoms with Crippen molar-refractivity contribution in [3.05, 3.63) is 70.8 Å². The van der Waals surface area contributed by atoms with Crippen LogP contribution in [0.15, 0.2) is 48.5 Å². The second kappa shape index (κ2) is 7.04. The molecule has 2 aromatic carbocycles. The topological polar surface area (TPSA) is 29.5 Å². The molecular weight excluding hydrogens is 262 g/mol. The fourth-order valence-electron chi connectivity index (χ4n) is 2.30. The molecule has 2 aromatic rings. The number of methoxy groups -OCH3 is 1. The number of amides is 1. The maximum atomic E-state index is 12.5. The van der Waals surface area contributed by atoms with Crippen molar-refractivity contribution in [1.29, 1.82) is 0 Å². The van der Waals surface area contributed by atoms with Crippen LogP contribution in [0.3, 0.4) is 0 Å². The van der Waals surface area contributed by atoms with E-state index in [0.717, 1.165) is 5.56 Å². The monoisotopic (exact) mass is 283 g/mol. The Kier molecular flexibility index (Phi) is 5.12. The molecule has 0 spiro atoms. The minimum Gasteiger partial charge on any atom is -0.380 e. The summed E-state index contributed by atoms with van der Waals surface area (Å²) >= 11 is 0. The molecule has 0 bridgehead atoms. The largest absolute Gasteiger partial charge is 0.380 e. The highest BCUT2D eigenvalue weighted by molar-refractivity contribution is 5.94. The van der Waals surface area contributed by atoms with Gasteiger partial charge in [-0.05, 0) is 35.7 Å². The summed E-state index contributed by atoms with van der Waals surface area (Å²) < 4.78 is 5.11. The molecule has 0 N–H and O–H groups in total. The smallest absolute Gasteiger partial charge is 0.253 e. The third-order valence-electron chi connectivity index (χ3n) is 3.50. The van der Waals surface area contributed by atoms with Crippen molar-refractivity contribution in [1.82, 2.24) is 4.90 Å². The molecule has 3 nitrogen and oxygen atoms in total. The first-order valence-electron chi connectivity index (χ1n) is 6.99. The summed E-state index contributed by atoms with van der Waals surface area (Å²) in [5.74, 6) is 0.0243. The van der Waals surface area contributed by atoms with E-state index in [1.165, 1.54) is 11.1 Å². The minimum atomic E-state index is 0.0243. The number of benzene rings is 2. The van der Waals surface area contributed by atoms with Crippen molar-refractivity contribution < 1.29 is 9.53 Å². The Morgan fingerprint density at radius 2 is 1.90 bits per heavy atom. The van der Waals surface area contributed by atoms with E-state index in [9.17, 15) is 4.79 Å². The Bertz CT molecular complexity index is 622. The molecule has 0 aliphatic rings. The van der Waals surface area contributed by atoms with E-state index in [4.69, 9.17) is 4.74 Å². The Hall–Kier alpha value is -2.13. The summed E-state index contributed by atoms with van der Waals surface area (Å²) in [5.41, 5.74) is 4.07. The van der Waals surface area contributed by atoms with Crippen LogP contribution >= 0.6 is 0 Å². The van der Waals surface area contributed by atoms with Crippen LogP contribution < -0.4 is 0 Å². The van der Waals surface area contributed by atoms with E-state index in [2.05, 4.69) is 19.1 Å². The predicted octanol–water partition coefficient (Wildman–Crippen LogP) is 3.41. The highest BCUT2D eigenvalue weighted by Crippen LogP contribution is 2.13. The van der Waals surface area contributed by atoms with Gasteiger partial charge in [0.1, 0.15) is 0 Å². The van der Waals surface area contributed by atoms with E-state index >= 15 is 0 Å². The summed E-state index contributed by atoms with van der Waals surface area (Å²) in [6.45, 7) is 3.19. The van der Waals surface area contributed by atoms with Crippen LogP contribution in [-0.2, 0) is 17.9 Å². The van der Waals surface area contributed by atoms with Gasteiger partial charge in [-0.15, -0.1) is 0 Å². The Labute approximate surface area is 126 Å². The van der Waals surface area contributed by atoms with Gasteiger partial charge in [0, 0.05) is 26.3 Å². The number of carbonyl (C=O) groups excluding carboxylic acids is 1. The molecule has 0 saturated heterocycles. The van der Waals surface area contributed by atoms with Crippen LogP contribution in [0.4, 0.5) is 0 Å². The van der Waals surface area contributed by atoms with Crippen molar-refractivity contribution in [2.24, 2.45) is 0 Å². The minimum absolute atomic E-state index is 0.0243. The van der Waals surface area contributed by atoms with E-state index in [1.807, 2.05) is 43.4 Å². The lowest BCUT2D eigenvalue weighted by Crippen LogP contribution is -2.26. The lowest BCUT2D eigenvalue weighted by molar-refractivity contribution is 0.0784. The number of aryl methyl sites for hydroxylation is 1. The molecule has 0 aromatic heterocycles. The van der Waals surface area contributed by atoms with Gasteiger partial charge in [-0.25, -0.2) is 0 Å². The van der Waals surface area contributed by atoms with Gasteiger partial charge in [0.15, 0.2) is 0 Å². The molecule has 1 amide bonds. The first kappa shape index (κ1) is 15.3. The van der Waals surface area contributed by atoms with E-state index in [1.54, 1.807) is 12.0 Å². The molecule has 0 saturated carbocycles. The van der Waals surface area contributed by atoms with Gasteiger partial charge in [0.25, 0.3) is 5.91 Å². The number of ether oxygens (including phenoxy) is 1. The molecule has 21 heavy (non-hydrogen) atoms. The van der Waals surface area contributed by atoms with E-state index in [-0.39, 0.29) is 5.91 Å². The number of rotatable bonds is 5. The maximum absolute atomic E-state index is 12.5. The molecule has 110 valence electrons. The Morgan fingerprint density at radius 3 is 2.62 bits per heavy atom. The number of nitrogens with zero attached hydrogens (tertiary/aromatic N) is 1.